The second-order valence-electron chi connectivity index (χ2n) is 15.7. The number of amides is 4. The van der Waals surface area contributed by atoms with Crippen molar-refractivity contribution in [2.75, 3.05) is 10.3 Å². The van der Waals surface area contributed by atoms with Gasteiger partial charge in [0.05, 0.1) is 34.5 Å². The van der Waals surface area contributed by atoms with Crippen LogP contribution in [0, 0.1) is 30.6 Å². The Hall–Kier alpha value is -6.81. The van der Waals surface area contributed by atoms with Gasteiger partial charge in [0.2, 0.25) is 11.8 Å². The maximum atomic E-state index is 15.5. The number of ketones is 1. The van der Waals surface area contributed by atoms with E-state index in [1.807, 2.05) is 85.8 Å². The van der Waals surface area contributed by atoms with Crippen LogP contribution in [0.25, 0.3) is 0 Å². The molecule has 290 valence electrons. The van der Waals surface area contributed by atoms with Crippen LogP contribution in [0.4, 0.5) is 11.4 Å². The number of ether oxygens (including phenoxy) is 1. The quantitative estimate of drug-likeness (QED) is 0.0887. The molecule has 2 aliphatic carbocycles. The number of aromatic hydroxyl groups is 1. The van der Waals surface area contributed by atoms with Gasteiger partial charge in [-0.05, 0) is 86.2 Å². The van der Waals surface area contributed by atoms with E-state index in [2.05, 4.69) is 5.43 Å². The first-order chi connectivity index (χ1) is 28.1. The number of nitrogens with one attached hydrogen (secondary N) is 1. The Bertz CT molecular complexity index is 2500. The van der Waals surface area contributed by atoms with Gasteiger partial charge in [-0.15, -0.1) is 0 Å². The first-order valence-corrected chi connectivity index (χ1v) is 19.5. The average Bonchev–Trinajstić information content (AvgIpc) is 3.62. The van der Waals surface area contributed by atoms with E-state index in [0.29, 0.717) is 33.8 Å². The molecule has 0 spiro atoms. The molecule has 9 rings (SSSR count). The predicted molar refractivity (Wildman–Crippen MR) is 217 cm³/mol. The summed E-state index contributed by atoms with van der Waals surface area (Å²) >= 11 is 0. The number of aryl methyl sites for hydroxylation is 1. The number of imide groups is 2. The van der Waals surface area contributed by atoms with Gasteiger partial charge in [-0.25, -0.2) is 0 Å². The Morgan fingerprint density at radius 2 is 1.50 bits per heavy atom. The maximum absolute atomic E-state index is 15.5. The Morgan fingerprint density at radius 3 is 2.17 bits per heavy atom. The van der Waals surface area contributed by atoms with Crippen molar-refractivity contribution in [1.82, 2.24) is 5.01 Å². The summed E-state index contributed by atoms with van der Waals surface area (Å²) in [7, 11) is 0. The fourth-order valence-electron chi connectivity index (χ4n) is 9.79. The van der Waals surface area contributed by atoms with Gasteiger partial charge >= 0.3 is 0 Å². The SMILES string of the molecule is CC(=O)c1ccc(N2C(=O)C3CC=C4C(CC5C(=O)N(Nc6ccc(C)cc6)C(=O)C5(c5ccccc5)C4c4ccc(OCc5ccccc5)cc4O)C3C2=O)cc1. The standard InChI is InChI=1S/C48H41N3O7/c1-28-13-17-33(18-14-28)49-51-45(55)40-26-39-36(23-24-38-42(39)46(56)50(44(38)54)34-19-15-31(16-20-34)29(2)52)43(48(40,47(51)57)32-11-7-4-8-12-32)37-22-21-35(25-41(37)53)58-27-30-9-5-3-6-10-30/h3-23,25,38-40,42-43,49,53H,24,26-27H2,1-2H3. The van der Waals surface area contributed by atoms with E-state index in [1.165, 1.54) is 17.9 Å². The molecule has 1 saturated carbocycles. The zero-order chi connectivity index (χ0) is 40.3. The van der Waals surface area contributed by atoms with E-state index in [-0.39, 0.29) is 36.9 Å². The summed E-state index contributed by atoms with van der Waals surface area (Å²) in [4.78, 5) is 72.5. The van der Waals surface area contributed by atoms with E-state index < -0.39 is 52.7 Å². The van der Waals surface area contributed by atoms with E-state index in [9.17, 15) is 24.3 Å². The maximum Gasteiger partial charge on any atom is 0.260 e. The van der Waals surface area contributed by atoms with Gasteiger partial charge in [-0.2, -0.15) is 5.01 Å². The van der Waals surface area contributed by atoms with Crippen LogP contribution in [0.5, 0.6) is 11.5 Å². The molecular formula is C48H41N3O7. The highest BCUT2D eigenvalue weighted by molar-refractivity contribution is 6.22. The summed E-state index contributed by atoms with van der Waals surface area (Å²) in [5.41, 5.74) is 6.64. The van der Waals surface area contributed by atoms with Crippen molar-refractivity contribution in [2.45, 2.75) is 44.6 Å². The van der Waals surface area contributed by atoms with Crippen LogP contribution in [0.1, 0.15) is 58.3 Å². The van der Waals surface area contributed by atoms with E-state index in [4.69, 9.17) is 4.74 Å². The number of allylic oxidation sites excluding steroid dienone is 2. The molecule has 2 heterocycles. The van der Waals surface area contributed by atoms with Crippen LogP contribution in [0.15, 0.2) is 139 Å². The summed E-state index contributed by atoms with van der Waals surface area (Å²) in [5, 5.41) is 13.1. The molecule has 2 saturated heterocycles. The van der Waals surface area contributed by atoms with Crippen LogP contribution in [-0.4, -0.2) is 39.5 Å². The number of fused-ring (bicyclic) bond motifs is 4. The number of benzene rings is 5. The smallest absolute Gasteiger partial charge is 0.260 e. The lowest BCUT2D eigenvalue weighted by Gasteiger charge is -2.50. The summed E-state index contributed by atoms with van der Waals surface area (Å²) < 4.78 is 6.08. The summed E-state index contributed by atoms with van der Waals surface area (Å²) in [6, 6.07) is 37.7. The van der Waals surface area contributed by atoms with Crippen molar-refractivity contribution in [3.8, 4) is 11.5 Å². The first kappa shape index (κ1) is 36.8. The third-order valence-electron chi connectivity index (χ3n) is 12.5. The number of phenolic OH excluding ortho intramolecular Hbond substituents is 1. The van der Waals surface area contributed by atoms with E-state index in [0.717, 1.165) is 21.7 Å². The number of rotatable bonds is 9. The van der Waals surface area contributed by atoms with Crippen molar-refractivity contribution in [3.05, 3.63) is 167 Å². The third kappa shape index (κ3) is 5.81. The molecular weight excluding hydrogens is 731 g/mol. The summed E-state index contributed by atoms with van der Waals surface area (Å²) in [6.45, 7) is 3.67. The second kappa shape index (κ2) is 14.3. The van der Waals surface area contributed by atoms with Crippen LogP contribution >= 0.6 is 0 Å². The fourth-order valence-corrected chi connectivity index (χ4v) is 9.79. The zero-order valence-electron chi connectivity index (χ0n) is 32.0. The Balaban J connectivity index is 1.18. The number of carbonyl (C=O) groups excluding carboxylic acids is 5. The predicted octanol–water partition coefficient (Wildman–Crippen LogP) is 7.67. The topological polar surface area (TPSA) is 133 Å². The molecule has 10 nitrogen and oxygen atoms in total. The lowest BCUT2D eigenvalue weighted by Crippen LogP contribution is -2.53. The van der Waals surface area contributed by atoms with Crippen LogP contribution in [-0.2, 0) is 31.2 Å². The van der Waals surface area contributed by atoms with Crippen molar-refractivity contribution in [3.63, 3.8) is 0 Å². The molecule has 2 aliphatic heterocycles. The first-order valence-electron chi connectivity index (χ1n) is 19.5. The van der Waals surface area contributed by atoms with Crippen LogP contribution in [0.2, 0.25) is 0 Å². The van der Waals surface area contributed by atoms with E-state index >= 15 is 4.79 Å². The van der Waals surface area contributed by atoms with Gasteiger partial charge in [-0.1, -0.05) is 96.1 Å². The van der Waals surface area contributed by atoms with Crippen LogP contribution < -0.4 is 15.1 Å². The minimum Gasteiger partial charge on any atom is -0.508 e. The molecule has 58 heavy (non-hydrogen) atoms. The Labute approximate surface area is 335 Å². The number of hydrogen-bond acceptors (Lipinski definition) is 8. The molecule has 2 N–H and O–H groups in total. The van der Waals surface area contributed by atoms with Gasteiger partial charge in [0.25, 0.3) is 11.8 Å². The number of anilines is 2. The number of nitrogens with zero attached hydrogens (tertiary/aromatic N) is 2. The minimum atomic E-state index is -1.54. The van der Waals surface area contributed by atoms with E-state index in [1.54, 1.807) is 48.5 Å². The number of phenols is 1. The molecule has 3 fully saturated rings. The second-order valence-corrected chi connectivity index (χ2v) is 15.7. The van der Waals surface area contributed by atoms with Gasteiger partial charge in [0, 0.05) is 23.1 Å². The number of hydrazine groups is 1. The van der Waals surface area contributed by atoms with Crippen molar-refractivity contribution in [1.29, 1.82) is 0 Å². The number of carbonyl (C=O) groups is 5. The molecule has 6 atom stereocenters. The third-order valence-corrected chi connectivity index (χ3v) is 12.5. The minimum absolute atomic E-state index is 0.115. The molecule has 4 aliphatic rings. The number of hydrogen-bond donors (Lipinski definition) is 2. The highest BCUT2D eigenvalue weighted by Crippen LogP contribution is 2.65. The van der Waals surface area contributed by atoms with Gasteiger partial charge in [-0.3, -0.25) is 34.3 Å². The molecule has 5 aromatic carbocycles. The molecule has 5 aromatic rings. The number of Topliss-reactive ketones (excluding diaryl/α,β-unsaturated/α-hetero) is 1. The summed E-state index contributed by atoms with van der Waals surface area (Å²) in [5.74, 6) is -5.56. The lowest BCUT2D eigenvalue weighted by molar-refractivity contribution is -0.138. The lowest BCUT2D eigenvalue weighted by atomic mass is 9.49. The van der Waals surface area contributed by atoms with Crippen molar-refractivity contribution >= 4 is 40.8 Å². The summed E-state index contributed by atoms with van der Waals surface area (Å²) in [6.07, 6.45) is 2.30. The van der Waals surface area contributed by atoms with Gasteiger partial charge in [0.15, 0.2) is 5.78 Å². The zero-order valence-corrected chi connectivity index (χ0v) is 32.0. The highest BCUT2D eigenvalue weighted by Gasteiger charge is 2.70. The highest BCUT2D eigenvalue weighted by atomic mass is 16.5. The molecule has 10 heteroatoms. The molecule has 6 unspecified atom stereocenters. The Morgan fingerprint density at radius 1 is 0.810 bits per heavy atom. The van der Waals surface area contributed by atoms with Crippen molar-refractivity contribution < 1.29 is 33.8 Å². The largest absolute Gasteiger partial charge is 0.508 e. The molecule has 0 bridgehead atoms. The molecule has 0 radical (unpaired) electrons. The fraction of sp³-hybridized carbons (Fsp3) is 0.229. The molecule has 0 aromatic heterocycles. The monoisotopic (exact) mass is 771 g/mol. The normalized spacial score (nSPS) is 24.9. The van der Waals surface area contributed by atoms with Gasteiger partial charge < -0.3 is 9.84 Å². The van der Waals surface area contributed by atoms with Gasteiger partial charge in [0.1, 0.15) is 18.1 Å². The Kier molecular flexibility index (Phi) is 9.07. The van der Waals surface area contributed by atoms with Crippen LogP contribution in [0.3, 0.4) is 0 Å². The van der Waals surface area contributed by atoms with Crippen molar-refractivity contribution in [2.24, 2.45) is 23.7 Å². The average molecular weight is 772 g/mol. The molecule has 4 amide bonds.